The summed E-state index contributed by atoms with van der Waals surface area (Å²) < 4.78 is 5.31. The molecule has 1 amide bonds. The highest BCUT2D eigenvalue weighted by Crippen LogP contribution is 2.33. The number of amides is 1. The van der Waals surface area contributed by atoms with Gasteiger partial charge in [0.05, 0.1) is 13.2 Å². The number of H-pyrrole nitrogens is 1. The lowest BCUT2D eigenvalue weighted by molar-refractivity contribution is 0.0599. The molecule has 0 unspecified atom stereocenters. The smallest absolute Gasteiger partial charge is 0.290 e. The van der Waals surface area contributed by atoms with Crippen molar-refractivity contribution in [2.24, 2.45) is 0 Å². The van der Waals surface area contributed by atoms with Gasteiger partial charge >= 0.3 is 0 Å². The minimum Gasteiger partial charge on any atom is -0.497 e. The Bertz CT molecular complexity index is 665. The molecule has 0 radical (unpaired) electrons. The third kappa shape index (κ3) is 2.84. The van der Waals surface area contributed by atoms with Crippen molar-refractivity contribution in [1.29, 1.82) is 0 Å². The second kappa shape index (κ2) is 6.22. The van der Waals surface area contributed by atoms with Gasteiger partial charge in [-0.25, -0.2) is 4.98 Å². The number of ether oxygens (including phenoxy) is 1. The third-order valence-electron chi connectivity index (χ3n) is 4.15. The van der Waals surface area contributed by atoms with Gasteiger partial charge in [0.15, 0.2) is 5.82 Å². The topological polar surface area (TPSA) is 58.2 Å². The van der Waals surface area contributed by atoms with E-state index in [-0.39, 0.29) is 11.9 Å². The highest BCUT2D eigenvalue weighted by atomic mass is 16.5. The van der Waals surface area contributed by atoms with E-state index in [1.165, 1.54) is 0 Å². The van der Waals surface area contributed by atoms with E-state index in [2.05, 4.69) is 16.0 Å². The van der Waals surface area contributed by atoms with Gasteiger partial charge in [0, 0.05) is 18.4 Å². The number of nitrogens with one attached hydrogen (secondary N) is 1. The van der Waals surface area contributed by atoms with Crippen molar-refractivity contribution in [2.75, 3.05) is 13.7 Å². The first kappa shape index (κ1) is 14.6. The van der Waals surface area contributed by atoms with Crippen LogP contribution in [0, 0.1) is 6.92 Å². The van der Waals surface area contributed by atoms with Crippen molar-refractivity contribution in [3.8, 4) is 5.75 Å². The molecule has 2 aromatic rings. The molecule has 5 heteroatoms. The van der Waals surface area contributed by atoms with Gasteiger partial charge in [0.1, 0.15) is 5.75 Å². The Morgan fingerprint density at radius 3 is 3.00 bits per heavy atom. The molecule has 0 bridgehead atoms. The van der Waals surface area contributed by atoms with Gasteiger partial charge in [-0.1, -0.05) is 12.1 Å². The van der Waals surface area contributed by atoms with Crippen LogP contribution in [0.3, 0.4) is 0 Å². The van der Waals surface area contributed by atoms with Gasteiger partial charge in [-0.15, -0.1) is 0 Å². The molecule has 0 aliphatic carbocycles. The van der Waals surface area contributed by atoms with Crippen LogP contribution in [0.5, 0.6) is 5.75 Å². The predicted molar refractivity (Wildman–Crippen MR) is 83.9 cm³/mol. The lowest BCUT2D eigenvalue weighted by Gasteiger charge is -2.35. The number of carbonyl (C=O) groups excluding carboxylic acids is 1. The fraction of sp³-hybridized carbons (Fsp3) is 0.412. The van der Waals surface area contributed by atoms with Crippen LogP contribution in [0.25, 0.3) is 0 Å². The van der Waals surface area contributed by atoms with Gasteiger partial charge in [-0.3, -0.25) is 4.79 Å². The molecule has 0 spiro atoms. The summed E-state index contributed by atoms with van der Waals surface area (Å²) in [6.07, 6.45) is 4.82. The number of hydrogen-bond donors (Lipinski definition) is 1. The van der Waals surface area contributed by atoms with E-state index in [4.69, 9.17) is 4.74 Å². The average Bonchev–Trinajstić information content (AvgIpc) is 3.00. The number of rotatable bonds is 3. The van der Waals surface area contributed by atoms with Crippen molar-refractivity contribution in [1.82, 2.24) is 14.9 Å². The maximum Gasteiger partial charge on any atom is 0.290 e. The lowest BCUT2D eigenvalue weighted by Crippen LogP contribution is -2.39. The molecule has 2 heterocycles. The van der Waals surface area contributed by atoms with Crippen LogP contribution in [0.4, 0.5) is 0 Å². The highest BCUT2D eigenvalue weighted by molar-refractivity contribution is 5.91. The molecule has 0 saturated carbocycles. The summed E-state index contributed by atoms with van der Waals surface area (Å²) in [5.41, 5.74) is 2.02. The number of aromatic amines is 1. The molecule has 1 aromatic heterocycles. The summed E-state index contributed by atoms with van der Waals surface area (Å²) >= 11 is 0. The molecule has 1 N–H and O–H groups in total. The summed E-state index contributed by atoms with van der Waals surface area (Å²) in [6, 6.07) is 8.06. The second-order valence-electron chi connectivity index (χ2n) is 5.70. The maximum absolute atomic E-state index is 12.8. The van der Waals surface area contributed by atoms with E-state index in [0.29, 0.717) is 5.82 Å². The van der Waals surface area contributed by atoms with Crippen LogP contribution in [0.2, 0.25) is 0 Å². The van der Waals surface area contributed by atoms with Gasteiger partial charge < -0.3 is 14.6 Å². The number of likely N-dealkylation sites (tertiary alicyclic amines) is 1. The summed E-state index contributed by atoms with van der Waals surface area (Å²) in [5, 5.41) is 0. The van der Waals surface area contributed by atoms with Crippen LogP contribution in [-0.2, 0) is 0 Å². The Morgan fingerprint density at radius 1 is 1.41 bits per heavy atom. The van der Waals surface area contributed by atoms with E-state index in [1.54, 1.807) is 13.3 Å². The molecule has 1 saturated heterocycles. The molecule has 1 aliphatic heterocycles. The van der Waals surface area contributed by atoms with Gasteiger partial charge in [0.2, 0.25) is 0 Å². The molecule has 22 heavy (non-hydrogen) atoms. The summed E-state index contributed by atoms with van der Waals surface area (Å²) in [6.45, 7) is 2.67. The number of aryl methyl sites for hydroxylation is 1. The SMILES string of the molecule is COc1cccc([C@@H]2CCCCN2C(=O)c2ncc(C)[nH]2)c1. The summed E-state index contributed by atoms with van der Waals surface area (Å²) in [4.78, 5) is 21.9. The molecule has 3 rings (SSSR count). The molecule has 1 aromatic carbocycles. The zero-order valence-corrected chi connectivity index (χ0v) is 13.0. The predicted octanol–water partition coefficient (Wildman–Crippen LogP) is 3.09. The number of hydrogen-bond acceptors (Lipinski definition) is 3. The zero-order chi connectivity index (χ0) is 15.5. The molecule has 116 valence electrons. The average molecular weight is 299 g/mol. The first-order valence-electron chi connectivity index (χ1n) is 7.65. The fourth-order valence-corrected chi connectivity index (χ4v) is 3.03. The second-order valence-corrected chi connectivity index (χ2v) is 5.70. The number of aromatic nitrogens is 2. The van der Waals surface area contributed by atoms with Crippen molar-refractivity contribution < 1.29 is 9.53 Å². The Morgan fingerprint density at radius 2 is 2.27 bits per heavy atom. The maximum atomic E-state index is 12.8. The van der Waals surface area contributed by atoms with Crippen LogP contribution < -0.4 is 4.74 Å². The van der Waals surface area contributed by atoms with E-state index < -0.39 is 0 Å². The van der Waals surface area contributed by atoms with Crippen molar-refractivity contribution in [2.45, 2.75) is 32.2 Å². The monoisotopic (exact) mass is 299 g/mol. The van der Waals surface area contributed by atoms with Gasteiger partial charge in [-0.05, 0) is 43.9 Å². The lowest BCUT2D eigenvalue weighted by atomic mass is 9.95. The highest BCUT2D eigenvalue weighted by Gasteiger charge is 2.30. The third-order valence-corrected chi connectivity index (χ3v) is 4.15. The molecule has 5 nitrogen and oxygen atoms in total. The molecular formula is C17H21N3O2. The number of piperidine rings is 1. The van der Waals surface area contributed by atoms with E-state index in [9.17, 15) is 4.79 Å². The van der Waals surface area contributed by atoms with Crippen LogP contribution in [0.1, 0.15) is 47.2 Å². The normalized spacial score (nSPS) is 18.3. The molecular weight excluding hydrogens is 278 g/mol. The fourth-order valence-electron chi connectivity index (χ4n) is 3.03. The Kier molecular flexibility index (Phi) is 4.13. The Hall–Kier alpha value is -2.30. The Labute approximate surface area is 130 Å². The first-order chi connectivity index (χ1) is 10.7. The van der Waals surface area contributed by atoms with Gasteiger partial charge in [0.25, 0.3) is 5.91 Å². The van der Waals surface area contributed by atoms with E-state index in [1.807, 2.05) is 30.0 Å². The van der Waals surface area contributed by atoms with Gasteiger partial charge in [-0.2, -0.15) is 0 Å². The van der Waals surface area contributed by atoms with E-state index >= 15 is 0 Å². The molecule has 1 fully saturated rings. The number of nitrogens with zero attached hydrogens (tertiary/aromatic N) is 2. The summed E-state index contributed by atoms with van der Waals surface area (Å²) in [7, 11) is 1.66. The quantitative estimate of drug-likeness (QED) is 0.947. The molecule has 1 atom stereocenters. The number of methoxy groups -OCH3 is 1. The van der Waals surface area contributed by atoms with Crippen molar-refractivity contribution in [3.05, 3.63) is 47.5 Å². The first-order valence-corrected chi connectivity index (χ1v) is 7.65. The standard InChI is InChI=1S/C17H21N3O2/c1-12-11-18-16(19-12)17(21)20-9-4-3-8-15(20)13-6-5-7-14(10-13)22-2/h5-7,10-11,15H,3-4,8-9H2,1-2H3,(H,18,19)/t15-/m0/s1. The summed E-state index contributed by atoms with van der Waals surface area (Å²) in [5.74, 6) is 1.22. The largest absolute Gasteiger partial charge is 0.497 e. The van der Waals surface area contributed by atoms with Crippen LogP contribution >= 0.6 is 0 Å². The number of carbonyl (C=O) groups is 1. The zero-order valence-electron chi connectivity index (χ0n) is 13.0. The Balaban J connectivity index is 1.89. The van der Waals surface area contributed by atoms with Crippen molar-refractivity contribution >= 4 is 5.91 Å². The van der Waals surface area contributed by atoms with Crippen molar-refractivity contribution in [3.63, 3.8) is 0 Å². The number of imidazole rings is 1. The van der Waals surface area contributed by atoms with Crippen LogP contribution in [0.15, 0.2) is 30.5 Å². The molecule has 1 aliphatic rings. The van der Waals surface area contributed by atoms with E-state index in [0.717, 1.165) is 42.8 Å². The minimum absolute atomic E-state index is 0.0272. The minimum atomic E-state index is -0.0272. The number of benzene rings is 1. The van der Waals surface area contributed by atoms with Crippen LogP contribution in [-0.4, -0.2) is 34.4 Å².